The van der Waals surface area contributed by atoms with Gasteiger partial charge in [-0.25, -0.2) is 18.4 Å². The standard InChI is InChI=1S/C47H46ClN9O4S2/c48-37-12-10-35(11-13-37)42-9-5-4-6-36(42)31-55-24-26-56(27-25-55)39-14-16-43-45(28-39)51-33-52-47(43)54-63(60,61)41-15-17-44(46(29-41)57(58)59)53-38(32-62-40-7-2-1-3-8-40)20-23-50-30-34-18-21-49-22-19-34/h1-19,21-22,28-29,33,38,50,53H,20,23-27,30-32H2,(H,51,52,54)/t38-/m1/s1. The lowest BCUT2D eigenvalue weighted by Gasteiger charge is -2.36. The van der Waals surface area contributed by atoms with Crippen LogP contribution in [-0.2, 0) is 23.1 Å². The van der Waals surface area contributed by atoms with Crippen LogP contribution < -0.4 is 20.3 Å². The number of piperazine rings is 1. The van der Waals surface area contributed by atoms with Crippen LogP contribution in [0.2, 0.25) is 5.02 Å². The Hall–Kier alpha value is -6.10. The van der Waals surface area contributed by atoms with Crippen molar-refractivity contribution < 1.29 is 13.3 Å². The first-order valence-corrected chi connectivity index (χ1v) is 23.4. The molecule has 5 aromatic carbocycles. The van der Waals surface area contributed by atoms with Crippen LogP contribution in [0.1, 0.15) is 17.5 Å². The minimum atomic E-state index is -4.29. The summed E-state index contributed by atoms with van der Waals surface area (Å²) in [6, 6.07) is 39.7. The van der Waals surface area contributed by atoms with E-state index in [2.05, 4.69) is 76.5 Å². The molecule has 3 N–H and O–H groups in total. The van der Waals surface area contributed by atoms with Crippen LogP contribution >= 0.6 is 23.4 Å². The summed E-state index contributed by atoms with van der Waals surface area (Å²) in [5, 5.41) is 20.5. The van der Waals surface area contributed by atoms with E-state index in [0.717, 1.165) is 60.5 Å². The maximum Gasteiger partial charge on any atom is 0.293 e. The molecule has 63 heavy (non-hydrogen) atoms. The molecule has 3 heterocycles. The van der Waals surface area contributed by atoms with Gasteiger partial charge in [0.25, 0.3) is 15.7 Å². The fourth-order valence-electron chi connectivity index (χ4n) is 7.58. The van der Waals surface area contributed by atoms with Crippen LogP contribution in [0.25, 0.3) is 22.0 Å². The summed E-state index contributed by atoms with van der Waals surface area (Å²) in [7, 11) is -4.29. The summed E-state index contributed by atoms with van der Waals surface area (Å²) in [5.41, 5.74) is 6.11. The van der Waals surface area contributed by atoms with Crippen molar-refractivity contribution in [2.45, 2.75) is 35.3 Å². The summed E-state index contributed by atoms with van der Waals surface area (Å²) in [6.07, 6.45) is 5.47. The number of halogens is 1. The van der Waals surface area contributed by atoms with Gasteiger partial charge in [-0.05, 0) is 102 Å². The topological polar surface area (TPSA) is 159 Å². The van der Waals surface area contributed by atoms with Crippen molar-refractivity contribution in [2.75, 3.05) is 53.4 Å². The molecule has 0 spiro atoms. The molecule has 0 saturated carbocycles. The third-order valence-corrected chi connectivity index (χ3v) is 13.7. The minimum absolute atomic E-state index is 0.0813. The number of hydrogen-bond donors (Lipinski definition) is 3. The summed E-state index contributed by atoms with van der Waals surface area (Å²) < 4.78 is 30.3. The summed E-state index contributed by atoms with van der Waals surface area (Å²) >= 11 is 7.79. The molecule has 16 heteroatoms. The number of nitro benzene ring substituents is 1. The molecule has 1 saturated heterocycles. The van der Waals surface area contributed by atoms with Gasteiger partial charge >= 0.3 is 0 Å². The summed E-state index contributed by atoms with van der Waals surface area (Å²) in [5.74, 6) is 0.706. The van der Waals surface area contributed by atoms with Crippen molar-refractivity contribution in [3.05, 3.63) is 172 Å². The van der Waals surface area contributed by atoms with E-state index < -0.39 is 14.9 Å². The number of rotatable bonds is 18. The third kappa shape index (κ3) is 11.3. The SMILES string of the molecule is O=[N+]([O-])c1cc(S(=O)(=O)Nc2ncnc3cc(N4CCN(Cc5ccccc5-c5ccc(Cl)cc5)CC4)ccc23)ccc1N[C@H](CCNCc1ccncc1)CSc1ccccc1. The Bertz CT molecular complexity index is 2760. The van der Waals surface area contributed by atoms with Crippen molar-refractivity contribution in [1.82, 2.24) is 25.2 Å². The highest BCUT2D eigenvalue weighted by Crippen LogP contribution is 2.33. The maximum absolute atomic E-state index is 13.8. The van der Waals surface area contributed by atoms with E-state index in [0.29, 0.717) is 41.2 Å². The molecule has 13 nitrogen and oxygen atoms in total. The van der Waals surface area contributed by atoms with Gasteiger partial charge in [-0.3, -0.25) is 24.7 Å². The first-order chi connectivity index (χ1) is 30.7. The zero-order valence-corrected chi connectivity index (χ0v) is 36.7. The predicted octanol–water partition coefficient (Wildman–Crippen LogP) is 9.13. The van der Waals surface area contributed by atoms with Gasteiger partial charge in [-0.15, -0.1) is 11.8 Å². The van der Waals surface area contributed by atoms with E-state index in [1.807, 2.05) is 72.8 Å². The number of nitrogens with zero attached hydrogens (tertiary/aromatic N) is 6. The molecule has 2 aromatic heterocycles. The fourth-order valence-corrected chi connectivity index (χ4v) is 9.74. The average Bonchev–Trinajstić information content (AvgIpc) is 3.31. The van der Waals surface area contributed by atoms with E-state index in [4.69, 9.17) is 11.6 Å². The molecule has 0 amide bonds. The summed E-state index contributed by atoms with van der Waals surface area (Å²) in [4.78, 5) is 30.3. The highest BCUT2D eigenvalue weighted by atomic mass is 35.5. The van der Waals surface area contributed by atoms with Crippen LogP contribution in [-0.4, -0.2) is 77.7 Å². The van der Waals surface area contributed by atoms with Gasteiger partial charge in [0.05, 0.1) is 15.3 Å². The second-order valence-electron chi connectivity index (χ2n) is 15.2. The lowest BCUT2D eigenvalue weighted by atomic mass is 9.99. The molecule has 0 radical (unpaired) electrons. The highest BCUT2D eigenvalue weighted by molar-refractivity contribution is 7.99. The van der Waals surface area contributed by atoms with E-state index in [-0.39, 0.29) is 28.1 Å². The Morgan fingerprint density at radius 1 is 0.841 bits per heavy atom. The van der Waals surface area contributed by atoms with Gasteiger partial charge in [0, 0.05) is 90.5 Å². The van der Waals surface area contributed by atoms with Crippen LogP contribution in [0.4, 0.5) is 22.9 Å². The first kappa shape index (κ1) is 43.5. The minimum Gasteiger partial charge on any atom is -0.376 e. The molecule has 1 atom stereocenters. The van der Waals surface area contributed by atoms with Gasteiger partial charge < -0.3 is 15.5 Å². The lowest BCUT2D eigenvalue weighted by molar-refractivity contribution is -0.384. The molecule has 322 valence electrons. The number of benzene rings is 5. The number of thioether (sulfide) groups is 1. The van der Waals surface area contributed by atoms with Crippen molar-refractivity contribution >= 4 is 67.2 Å². The number of nitrogens with one attached hydrogen (secondary N) is 3. The molecular weight excluding hydrogens is 854 g/mol. The van der Waals surface area contributed by atoms with Gasteiger partial charge in [-0.2, -0.15) is 0 Å². The second-order valence-corrected chi connectivity index (χ2v) is 18.4. The number of pyridine rings is 1. The average molecular weight is 901 g/mol. The maximum atomic E-state index is 13.8. The van der Waals surface area contributed by atoms with Crippen molar-refractivity contribution in [3.63, 3.8) is 0 Å². The Morgan fingerprint density at radius 3 is 2.38 bits per heavy atom. The van der Waals surface area contributed by atoms with E-state index in [9.17, 15) is 18.5 Å². The third-order valence-electron chi connectivity index (χ3n) is 10.9. The second kappa shape index (κ2) is 20.4. The number of nitro groups is 1. The van der Waals surface area contributed by atoms with Crippen LogP contribution in [0, 0.1) is 10.1 Å². The van der Waals surface area contributed by atoms with Crippen LogP contribution in [0.3, 0.4) is 0 Å². The number of anilines is 3. The molecule has 8 rings (SSSR count). The smallest absolute Gasteiger partial charge is 0.293 e. The van der Waals surface area contributed by atoms with Crippen LogP contribution in [0.15, 0.2) is 156 Å². The van der Waals surface area contributed by atoms with E-state index in [1.165, 1.54) is 29.6 Å². The van der Waals surface area contributed by atoms with Crippen LogP contribution in [0.5, 0.6) is 0 Å². The molecule has 7 aromatic rings. The lowest BCUT2D eigenvalue weighted by Crippen LogP contribution is -2.46. The Morgan fingerprint density at radius 2 is 1.60 bits per heavy atom. The predicted molar refractivity (Wildman–Crippen MR) is 253 cm³/mol. The molecule has 1 fully saturated rings. The van der Waals surface area contributed by atoms with E-state index >= 15 is 0 Å². The highest BCUT2D eigenvalue weighted by Gasteiger charge is 2.25. The largest absolute Gasteiger partial charge is 0.376 e. The van der Waals surface area contributed by atoms with Gasteiger partial charge in [0.2, 0.25) is 0 Å². The van der Waals surface area contributed by atoms with Crippen molar-refractivity contribution in [2.24, 2.45) is 0 Å². The molecule has 0 unspecified atom stereocenters. The number of hydrogen-bond acceptors (Lipinski definition) is 12. The first-order valence-electron chi connectivity index (χ1n) is 20.6. The molecule has 0 bridgehead atoms. The van der Waals surface area contributed by atoms with Crippen molar-refractivity contribution in [3.8, 4) is 11.1 Å². The zero-order chi connectivity index (χ0) is 43.6. The monoisotopic (exact) mass is 899 g/mol. The Kier molecular flexibility index (Phi) is 14.1. The van der Waals surface area contributed by atoms with Gasteiger partial charge in [-0.1, -0.05) is 66.2 Å². The Balaban J connectivity index is 0.926. The number of aromatic nitrogens is 3. The normalized spacial score (nSPS) is 13.8. The molecule has 1 aliphatic rings. The molecule has 0 aliphatic carbocycles. The van der Waals surface area contributed by atoms with Gasteiger partial charge in [0.15, 0.2) is 5.82 Å². The fraction of sp³-hybridized carbons (Fsp3) is 0.213. The quantitative estimate of drug-likeness (QED) is 0.0325. The molecule has 1 aliphatic heterocycles. The number of sulfonamides is 1. The molecular formula is C47H46ClN9O4S2. The Labute approximate surface area is 376 Å². The number of fused-ring (bicyclic) bond motifs is 1. The zero-order valence-electron chi connectivity index (χ0n) is 34.3. The summed E-state index contributed by atoms with van der Waals surface area (Å²) in [6.45, 7) is 5.46. The van der Waals surface area contributed by atoms with Gasteiger partial charge in [0.1, 0.15) is 12.0 Å². The van der Waals surface area contributed by atoms with E-state index in [1.54, 1.807) is 24.2 Å². The van der Waals surface area contributed by atoms with Crippen molar-refractivity contribution in [1.29, 1.82) is 0 Å².